The number of dihydropyridines is 1. The molecule has 0 radical (unpaired) electrons. The fraction of sp³-hybridized carbons (Fsp3) is 0.200. The van der Waals surface area contributed by atoms with Gasteiger partial charge in [0.2, 0.25) is 0 Å². The number of carbonyl (C=O) groups excluding carboxylic acids is 2. The number of Topliss-reactive ketones (excluding diaryl/α,β-unsaturated/α-hetero) is 1. The number of carbonyl (C=O) groups is 2. The number of benzene rings is 3. The Balaban J connectivity index is 1.55. The van der Waals surface area contributed by atoms with Crippen molar-refractivity contribution in [2.24, 2.45) is 0 Å². The Morgan fingerprint density at radius 2 is 1.64 bits per heavy atom. The lowest BCUT2D eigenvalue weighted by atomic mass is 9.71. The molecule has 3 aromatic carbocycles. The van der Waals surface area contributed by atoms with Crippen LogP contribution in [0.2, 0.25) is 0 Å². The third kappa shape index (κ3) is 4.54. The topological polar surface area (TPSA) is 67.4 Å². The fourth-order valence-electron chi connectivity index (χ4n) is 5.16. The molecule has 1 aliphatic heterocycles. The molecule has 1 aliphatic carbocycles. The van der Waals surface area contributed by atoms with E-state index in [1.807, 2.05) is 49.4 Å². The molecule has 0 aromatic heterocycles. The summed E-state index contributed by atoms with van der Waals surface area (Å²) in [4.78, 5) is 27.2. The van der Waals surface area contributed by atoms with Crippen LogP contribution in [0.15, 0.2) is 101 Å². The van der Waals surface area contributed by atoms with E-state index in [9.17, 15) is 14.0 Å². The lowest BCUT2D eigenvalue weighted by Crippen LogP contribution is -2.37. The molecule has 6 heteroatoms. The Morgan fingerprint density at radius 3 is 2.31 bits per heavy atom. The van der Waals surface area contributed by atoms with Crippen molar-refractivity contribution < 1.29 is 18.7 Å². The zero-order valence-electron chi connectivity index (χ0n) is 20.2. The van der Waals surface area contributed by atoms with Crippen LogP contribution in [0.3, 0.4) is 0 Å². The van der Waals surface area contributed by atoms with Gasteiger partial charge in [-0.15, -0.1) is 0 Å². The average Bonchev–Trinajstić information content (AvgIpc) is 2.89. The van der Waals surface area contributed by atoms with Crippen LogP contribution in [0, 0.1) is 5.82 Å². The van der Waals surface area contributed by atoms with Gasteiger partial charge in [-0.25, -0.2) is 4.39 Å². The van der Waals surface area contributed by atoms with Gasteiger partial charge in [0.15, 0.2) is 5.78 Å². The molecule has 3 aromatic rings. The quantitative estimate of drug-likeness (QED) is 0.480. The number of ketones is 1. The van der Waals surface area contributed by atoms with Crippen molar-refractivity contribution in [1.29, 1.82) is 0 Å². The van der Waals surface area contributed by atoms with Gasteiger partial charge in [0.25, 0.3) is 5.91 Å². The van der Waals surface area contributed by atoms with E-state index in [2.05, 4.69) is 22.8 Å². The maximum Gasteiger partial charge on any atom is 0.254 e. The number of nitrogens with one attached hydrogen (secondary N) is 2. The van der Waals surface area contributed by atoms with E-state index < -0.39 is 5.92 Å². The summed E-state index contributed by atoms with van der Waals surface area (Å²) in [5, 5.41) is 6.26. The van der Waals surface area contributed by atoms with Crippen molar-refractivity contribution in [2.75, 3.05) is 12.4 Å². The van der Waals surface area contributed by atoms with Gasteiger partial charge in [-0.2, -0.15) is 0 Å². The zero-order chi connectivity index (χ0) is 25.2. The molecule has 0 saturated heterocycles. The highest BCUT2D eigenvalue weighted by Gasteiger charge is 2.40. The minimum Gasteiger partial charge on any atom is -0.497 e. The van der Waals surface area contributed by atoms with Crippen LogP contribution in [0.5, 0.6) is 5.75 Å². The van der Waals surface area contributed by atoms with Gasteiger partial charge in [0.1, 0.15) is 11.6 Å². The summed E-state index contributed by atoms with van der Waals surface area (Å²) in [5.74, 6) is -0.455. The summed E-state index contributed by atoms with van der Waals surface area (Å²) >= 11 is 0. The van der Waals surface area contributed by atoms with Crippen molar-refractivity contribution in [2.45, 2.75) is 31.6 Å². The number of hydrogen-bond donors (Lipinski definition) is 2. The smallest absolute Gasteiger partial charge is 0.254 e. The number of hydrogen-bond acceptors (Lipinski definition) is 4. The van der Waals surface area contributed by atoms with Gasteiger partial charge in [0, 0.05) is 40.6 Å². The van der Waals surface area contributed by atoms with E-state index in [0.29, 0.717) is 41.1 Å². The number of rotatable bonds is 5. The predicted octanol–water partition coefficient (Wildman–Crippen LogP) is 5.83. The van der Waals surface area contributed by atoms with E-state index in [-0.39, 0.29) is 23.4 Å². The molecule has 2 atom stereocenters. The fourth-order valence-corrected chi connectivity index (χ4v) is 5.16. The first-order valence-electron chi connectivity index (χ1n) is 11.9. The second-order valence-corrected chi connectivity index (χ2v) is 9.16. The van der Waals surface area contributed by atoms with Crippen LogP contribution < -0.4 is 15.4 Å². The van der Waals surface area contributed by atoms with E-state index in [1.165, 1.54) is 24.3 Å². The monoisotopic (exact) mass is 482 g/mol. The Hall–Kier alpha value is -4.19. The maximum absolute atomic E-state index is 13.7. The van der Waals surface area contributed by atoms with Gasteiger partial charge < -0.3 is 15.4 Å². The van der Waals surface area contributed by atoms with Gasteiger partial charge >= 0.3 is 0 Å². The van der Waals surface area contributed by atoms with Gasteiger partial charge in [0.05, 0.1) is 7.11 Å². The number of methoxy groups -OCH3 is 1. The van der Waals surface area contributed by atoms with Crippen molar-refractivity contribution in [3.63, 3.8) is 0 Å². The Kier molecular flexibility index (Phi) is 6.42. The molecule has 0 bridgehead atoms. The Labute approximate surface area is 209 Å². The Morgan fingerprint density at radius 1 is 0.944 bits per heavy atom. The van der Waals surface area contributed by atoms with Crippen LogP contribution in [0.4, 0.5) is 10.1 Å². The predicted molar refractivity (Wildman–Crippen MR) is 137 cm³/mol. The number of anilines is 1. The van der Waals surface area contributed by atoms with Gasteiger partial charge in [-0.3, -0.25) is 9.59 Å². The van der Waals surface area contributed by atoms with E-state index in [4.69, 9.17) is 4.74 Å². The molecule has 2 aliphatic rings. The number of halogens is 1. The summed E-state index contributed by atoms with van der Waals surface area (Å²) in [5.41, 5.74) is 5.08. The van der Waals surface area contributed by atoms with Crippen molar-refractivity contribution in [3.8, 4) is 5.75 Å². The second kappa shape index (κ2) is 9.82. The van der Waals surface area contributed by atoms with Gasteiger partial charge in [-0.05, 0) is 66.8 Å². The first-order chi connectivity index (χ1) is 17.4. The van der Waals surface area contributed by atoms with Crippen molar-refractivity contribution in [1.82, 2.24) is 5.32 Å². The molecule has 0 fully saturated rings. The highest BCUT2D eigenvalue weighted by atomic mass is 19.1. The molecule has 1 amide bonds. The third-order valence-electron chi connectivity index (χ3n) is 6.89. The summed E-state index contributed by atoms with van der Waals surface area (Å²) in [6.45, 7) is 1.86. The largest absolute Gasteiger partial charge is 0.497 e. The molecule has 5 nitrogen and oxygen atoms in total. The van der Waals surface area contributed by atoms with Crippen LogP contribution in [0.25, 0.3) is 0 Å². The summed E-state index contributed by atoms with van der Waals surface area (Å²) in [6, 6.07) is 23.1. The molecular weight excluding hydrogens is 455 g/mol. The van der Waals surface area contributed by atoms with Crippen LogP contribution in [0.1, 0.15) is 42.7 Å². The molecule has 2 N–H and O–H groups in total. The molecule has 0 saturated carbocycles. The maximum atomic E-state index is 13.7. The molecule has 36 heavy (non-hydrogen) atoms. The summed E-state index contributed by atoms with van der Waals surface area (Å²) in [6.07, 6.45) is 1.06. The molecule has 0 spiro atoms. The lowest BCUT2D eigenvalue weighted by Gasteiger charge is -2.37. The molecule has 0 unspecified atom stereocenters. The van der Waals surface area contributed by atoms with Crippen molar-refractivity contribution in [3.05, 3.63) is 118 Å². The highest BCUT2D eigenvalue weighted by Crippen LogP contribution is 2.45. The molecular formula is C30H27FN2O3. The number of allylic oxidation sites excluding steroid dienone is 3. The minimum atomic E-state index is -0.531. The lowest BCUT2D eigenvalue weighted by molar-refractivity contribution is -0.116. The van der Waals surface area contributed by atoms with Crippen LogP contribution in [-0.2, 0) is 9.59 Å². The average molecular weight is 483 g/mol. The summed E-state index contributed by atoms with van der Waals surface area (Å²) < 4.78 is 18.7. The van der Waals surface area contributed by atoms with E-state index in [0.717, 1.165) is 16.8 Å². The van der Waals surface area contributed by atoms with E-state index in [1.54, 1.807) is 7.11 Å². The first kappa shape index (κ1) is 23.5. The van der Waals surface area contributed by atoms with E-state index >= 15 is 0 Å². The number of amides is 1. The van der Waals surface area contributed by atoms with Gasteiger partial charge in [-0.1, -0.05) is 42.5 Å². The highest BCUT2D eigenvalue weighted by molar-refractivity contribution is 6.10. The zero-order valence-corrected chi connectivity index (χ0v) is 20.2. The molecule has 1 heterocycles. The molecule has 182 valence electrons. The normalized spacial score (nSPS) is 19.5. The first-order valence-corrected chi connectivity index (χ1v) is 11.9. The van der Waals surface area contributed by atoms with Crippen LogP contribution in [-0.4, -0.2) is 18.8 Å². The Bertz CT molecular complexity index is 1360. The standard InChI is InChI=1S/C30H27FN2O3/c1-18-27(30(35)33-23-12-10-22(31)11-13-23)28(20-8-14-24(36-2)15-9-20)29-25(32-18)16-21(17-26(29)34)19-6-4-3-5-7-19/h3-15,21,28,32H,16-17H2,1-2H3,(H,33,35)/t21-,28-/m1/s1. The second-order valence-electron chi connectivity index (χ2n) is 9.16. The number of ether oxygens (including phenoxy) is 1. The minimum absolute atomic E-state index is 0.0259. The van der Waals surface area contributed by atoms with Crippen LogP contribution >= 0.6 is 0 Å². The third-order valence-corrected chi connectivity index (χ3v) is 6.89. The summed E-state index contributed by atoms with van der Waals surface area (Å²) in [7, 11) is 1.60. The molecule has 5 rings (SSSR count). The van der Waals surface area contributed by atoms with Crippen molar-refractivity contribution >= 4 is 17.4 Å². The SMILES string of the molecule is COc1ccc([C@@H]2C(C(=O)Nc3ccc(F)cc3)=C(C)NC3=C2C(=O)C[C@H](c2ccccc2)C3)cc1.